The highest BCUT2D eigenvalue weighted by Gasteiger charge is 2.39. The van der Waals surface area contributed by atoms with E-state index >= 15 is 0 Å². The minimum absolute atomic E-state index is 0.373. The summed E-state index contributed by atoms with van der Waals surface area (Å²) in [5.74, 6) is 2.35. The number of hydrogen-bond acceptors (Lipinski definition) is 6. The Morgan fingerprint density at radius 3 is 2.71 bits per heavy atom. The van der Waals surface area contributed by atoms with Gasteiger partial charge in [0, 0.05) is 5.56 Å². The summed E-state index contributed by atoms with van der Waals surface area (Å²) in [6.07, 6.45) is 2.83. The topological polar surface area (TPSA) is 83.4 Å². The van der Waals surface area contributed by atoms with Crippen molar-refractivity contribution in [1.82, 2.24) is 10.1 Å². The highest BCUT2D eigenvalue weighted by Crippen LogP contribution is 2.41. The number of ether oxygens (including phenoxy) is 2. The second-order valence-electron chi connectivity index (χ2n) is 6.63. The molecule has 0 atom stereocenters. The average Bonchev–Trinajstić information content (AvgIpc) is 3.00. The maximum atomic E-state index is 6.36. The fraction of sp³-hybridized carbons (Fsp3) is 0.529. The molecule has 1 aliphatic carbocycles. The molecule has 24 heavy (non-hydrogen) atoms. The van der Waals surface area contributed by atoms with Crippen LogP contribution >= 0.6 is 11.6 Å². The minimum Gasteiger partial charge on any atom is -0.493 e. The van der Waals surface area contributed by atoms with Gasteiger partial charge in [-0.25, -0.2) is 0 Å². The molecule has 6 nitrogen and oxygen atoms in total. The smallest absolute Gasteiger partial charge is 0.258 e. The van der Waals surface area contributed by atoms with Crippen LogP contribution in [0.3, 0.4) is 0 Å². The molecule has 7 heteroatoms. The Morgan fingerprint density at radius 2 is 2.12 bits per heavy atom. The Morgan fingerprint density at radius 1 is 1.38 bits per heavy atom. The molecule has 0 unspecified atom stereocenters. The van der Waals surface area contributed by atoms with Gasteiger partial charge in [0.25, 0.3) is 5.89 Å². The van der Waals surface area contributed by atoms with Gasteiger partial charge in [-0.2, -0.15) is 4.98 Å². The Hall–Kier alpha value is -1.79. The maximum Gasteiger partial charge on any atom is 0.258 e. The van der Waals surface area contributed by atoms with Gasteiger partial charge >= 0.3 is 0 Å². The van der Waals surface area contributed by atoms with Gasteiger partial charge in [0.2, 0.25) is 0 Å². The van der Waals surface area contributed by atoms with E-state index < -0.39 is 5.54 Å². The first-order valence-corrected chi connectivity index (χ1v) is 8.44. The van der Waals surface area contributed by atoms with E-state index in [1.807, 2.05) is 0 Å². The molecular formula is C17H22ClN3O3. The normalized spacial score (nSPS) is 16.1. The van der Waals surface area contributed by atoms with Crippen LogP contribution in [0.4, 0.5) is 0 Å². The van der Waals surface area contributed by atoms with Crippen molar-refractivity contribution in [1.29, 1.82) is 0 Å². The van der Waals surface area contributed by atoms with Crippen molar-refractivity contribution in [2.75, 3.05) is 13.7 Å². The van der Waals surface area contributed by atoms with Crippen molar-refractivity contribution >= 4 is 11.6 Å². The van der Waals surface area contributed by atoms with Crippen molar-refractivity contribution in [2.24, 2.45) is 11.7 Å². The van der Waals surface area contributed by atoms with Crippen LogP contribution in [-0.4, -0.2) is 23.9 Å². The molecule has 1 fully saturated rings. The predicted octanol–water partition coefficient (Wildman–Crippen LogP) is 3.77. The number of benzene rings is 1. The molecule has 0 aliphatic heterocycles. The number of rotatable bonds is 6. The first kappa shape index (κ1) is 17.0. The van der Waals surface area contributed by atoms with Crippen molar-refractivity contribution in [2.45, 2.75) is 38.6 Å². The van der Waals surface area contributed by atoms with Gasteiger partial charge in [-0.15, -0.1) is 0 Å². The van der Waals surface area contributed by atoms with Crippen LogP contribution in [0.5, 0.6) is 11.5 Å². The van der Waals surface area contributed by atoms with Crippen LogP contribution in [-0.2, 0) is 5.54 Å². The molecule has 0 radical (unpaired) electrons. The van der Waals surface area contributed by atoms with Crippen molar-refractivity contribution in [3.63, 3.8) is 0 Å². The highest BCUT2D eigenvalue weighted by molar-refractivity contribution is 6.32. The van der Waals surface area contributed by atoms with Crippen molar-refractivity contribution in [3.05, 3.63) is 23.0 Å². The summed E-state index contributed by atoms with van der Waals surface area (Å²) in [5, 5.41) is 4.47. The number of hydrogen-bond donors (Lipinski definition) is 1. The summed E-state index contributed by atoms with van der Waals surface area (Å²) < 4.78 is 16.5. The average molecular weight is 352 g/mol. The first-order chi connectivity index (χ1) is 11.4. The van der Waals surface area contributed by atoms with E-state index in [4.69, 9.17) is 31.3 Å². The Bertz CT molecular complexity index is 726. The quantitative estimate of drug-likeness (QED) is 0.852. The van der Waals surface area contributed by atoms with Crippen LogP contribution in [0.15, 0.2) is 16.7 Å². The summed E-state index contributed by atoms with van der Waals surface area (Å²) in [5.41, 5.74) is 6.45. The molecular weight excluding hydrogens is 330 g/mol. The molecule has 1 aromatic heterocycles. The molecule has 0 spiro atoms. The van der Waals surface area contributed by atoms with Gasteiger partial charge < -0.3 is 19.7 Å². The molecule has 1 aliphatic rings. The zero-order valence-electron chi connectivity index (χ0n) is 14.1. The third-order valence-electron chi connectivity index (χ3n) is 4.15. The Labute approximate surface area is 146 Å². The third-order valence-corrected chi connectivity index (χ3v) is 4.44. The van der Waals surface area contributed by atoms with Crippen LogP contribution < -0.4 is 15.2 Å². The summed E-state index contributed by atoms with van der Waals surface area (Å²) in [6, 6.07) is 3.52. The lowest BCUT2D eigenvalue weighted by Gasteiger charge is -2.34. The van der Waals surface area contributed by atoms with Gasteiger partial charge in [-0.05, 0) is 37.3 Å². The molecule has 1 saturated carbocycles. The molecule has 3 rings (SSSR count). The van der Waals surface area contributed by atoms with Crippen LogP contribution in [0, 0.1) is 5.92 Å². The van der Waals surface area contributed by atoms with Gasteiger partial charge in [0.1, 0.15) is 0 Å². The highest BCUT2D eigenvalue weighted by atomic mass is 35.5. The number of aromatic nitrogens is 2. The summed E-state index contributed by atoms with van der Waals surface area (Å²) >= 11 is 6.36. The van der Waals surface area contributed by atoms with E-state index in [0.717, 1.165) is 19.3 Å². The minimum atomic E-state index is -0.462. The van der Waals surface area contributed by atoms with E-state index in [0.29, 0.717) is 46.3 Å². The number of methoxy groups -OCH3 is 1. The van der Waals surface area contributed by atoms with Crippen molar-refractivity contribution < 1.29 is 14.0 Å². The number of nitrogens with zero attached hydrogens (tertiary/aromatic N) is 2. The molecule has 2 N–H and O–H groups in total. The van der Waals surface area contributed by atoms with E-state index in [-0.39, 0.29) is 0 Å². The summed E-state index contributed by atoms with van der Waals surface area (Å²) in [7, 11) is 1.57. The molecule has 0 saturated heterocycles. The zero-order valence-corrected chi connectivity index (χ0v) is 14.9. The standard InChI is InChI=1S/C17H22ClN3O3/c1-10(2)9-23-14-12(18)7-11(8-13(14)22-3)15-20-16(21-24-15)17(19)5-4-6-17/h7-8,10H,4-6,9,19H2,1-3H3. The van der Waals surface area contributed by atoms with Crippen molar-refractivity contribution in [3.8, 4) is 23.0 Å². The summed E-state index contributed by atoms with van der Waals surface area (Å²) in [6.45, 7) is 4.69. The number of nitrogens with two attached hydrogens (primary N) is 1. The molecule has 130 valence electrons. The Kier molecular flexibility index (Phi) is 4.69. The third kappa shape index (κ3) is 3.21. The first-order valence-electron chi connectivity index (χ1n) is 8.07. The largest absolute Gasteiger partial charge is 0.493 e. The molecule has 1 aromatic carbocycles. The second kappa shape index (κ2) is 6.61. The maximum absolute atomic E-state index is 6.36. The van der Waals surface area contributed by atoms with E-state index in [9.17, 15) is 0 Å². The van der Waals surface area contributed by atoms with E-state index in [1.165, 1.54) is 0 Å². The fourth-order valence-electron chi connectivity index (χ4n) is 2.56. The number of halogens is 1. The summed E-state index contributed by atoms with van der Waals surface area (Å²) in [4.78, 5) is 4.44. The van der Waals surface area contributed by atoms with Gasteiger partial charge in [0.05, 0.1) is 24.3 Å². The monoisotopic (exact) mass is 351 g/mol. The fourth-order valence-corrected chi connectivity index (χ4v) is 2.82. The van der Waals surface area contributed by atoms with Gasteiger partial charge in [-0.3, -0.25) is 0 Å². The molecule has 0 amide bonds. The lowest BCUT2D eigenvalue weighted by Crippen LogP contribution is -2.44. The van der Waals surface area contributed by atoms with Crippen LogP contribution in [0.2, 0.25) is 5.02 Å². The lowest BCUT2D eigenvalue weighted by molar-refractivity contribution is 0.229. The molecule has 1 heterocycles. The molecule has 0 bridgehead atoms. The van der Waals surface area contributed by atoms with E-state index in [2.05, 4.69) is 24.0 Å². The Balaban J connectivity index is 1.90. The van der Waals surface area contributed by atoms with Gasteiger partial charge in [-0.1, -0.05) is 30.6 Å². The van der Waals surface area contributed by atoms with E-state index in [1.54, 1.807) is 19.2 Å². The molecule has 2 aromatic rings. The van der Waals surface area contributed by atoms with Gasteiger partial charge in [0.15, 0.2) is 17.3 Å². The second-order valence-corrected chi connectivity index (χ2v) is 7.03. The van der Waals surface area contributed by atoms with Crippen LogP contribution in [0.25, 0.3) is 11.5 Å². The SMILES string of the molecule is COc1cc(-c2nc(C3(N)CCC3)no2)cc(Cl)c1OCC(C)C. The zero-order chi connectivity index (χ0) is 17.3. The predicted molar refractivity (Wildman–Crippen MR) is 91.3 cm³/mol. The van der Waals surface area contributed by atoms with Crippen LogP contribution in [0.1, 0.15) is 38.9 Å². The lowest BCUT2D eigenvalue weighted by atomic mass is 9.77.